The second-order valence-electron chi connectivity index (χ2n) is 45.8. The standard InChI is InChI=1S/C28H51NO5Si2.C27H50N4O5Si2.C17H35N3O4Si.C11H19N3O5.C11H19N3O4.CH4/c1-14-22(20-32-35(12,13)27(5,6)7)24(29-25(30)34-26(2,3)4)21-33-36(31-11,28(8,9)10)23-18-16-15-17-19-23;1-25(2,3)36-24(32)30-23(21(18-29-31-28)19-34-37(11,12)26(4,5)6)20-35-38(33-10,27(7,8)9)22-16-14-13-15-17-22;1-16(2,3)24-15(22)20-13-10-19-14(21)18-9-12(13)11-23-25(7,8)17(4,5)6;1-11(2,3)19-10(18)14-7-5-13-9(17)12-4-6(7)8(15)16;1-11(2,3)18-10(17)14-8-5-13-9(16)12-4-7(8)6-15;/h14-19,22,24H,1,20-21H2,2-13H3,(H,29,30);13-17,21,23H,18-20H2,1-12H3,(H,30,32);12-13H,9-11H2,1-8H3,(H,20,22)(H2,18,19,21);6-7H,4-5H2,1-3H3,(H,14,18)(H,15,16)(H2,12,13,17);6-8H,4-5H2,1-3H3,(H,14,17)(H2,12,13,16);1H4/t22-,24+,36?;21-,23+,38?;12-,13+;6-,7-;7-,8+;/m00010./s1. The van der Waals surface area contributed by atoms with Gasteiger partial charge in [-0.15, -0.1) is 6.58 Å². The minimum Gasteiger partial charge on any atom is -0.481 e. The molecule has 0 aliphatic carbocycles. The zero-order chi connectivity index (χ0) is 105. The van der Waals surface area contributed by atoms with Gasteiger partial charge in [-0.05, 0) is 174 Å². The molecule has 3 saturated heterocycles. The van der Waals surface area contributed by atoms with Crippen molar-refractivity contribution >= 4 is 113 Å². The highest BCUT2D eigenvalue weighted by atomic mass is 28.4. The summed E-state index contributed by atoms with van der Waals surface area (Å²) >= 11 is 0. The molecule has 786 valence electrons. The molecule has 12 atom stereocenters. The Kier molecular flexibility index (Phi) is 51.2. The van der Waals surface area contributed by atoms with Gasteiger partial charge in [0.2, 0.25) is 0 Å². The molecule has 0 bridgehead atoms. The van der Waals surface area contributed by atoms with Gasteiger partial charge in [0, 0.05) is 113 Å². The first-order valence-electron chi connectivity index (χ1n) is 46.6. The number of hydrogen-bond donors (Lipinski definition) is 12. The van der Waals surface area contributed by atoms with Crippen LogP contribution >= 0.6 is 0 Å². The number of nitrogens with zero attached hydrogens (tertiary/aromatic N) is 3. The van der Waals surface area contributed by atoms with Gasteiger partial charge < -0.3 is 123 Å². The zero-order valence-corrected chi connectivity index (χ0v) is 94.2. The summed E-state index contributed by atoms with van der Waals surface area (Å²) in [7, 11) is -8.55. The summed E-state index contributed by atoms with van der Waals surface area (Å²) in [6.07, 6.45) is -0.287. The van der Waals surface area contributed by atoms with E-state index >= 15 is 0 Å². The van der Waals surface area contributed by atoms with Crippen LogP contribution in [-0.2, 0) is 64.3 Å². The van der Waals surface area contributed by atoms with Crippen molar-refractivity contribution in [2.24, 2.45) is 34.7 Å². The Morgan fingerprint density at radius 3 is 1.12 bits per heavy atom. The summed E-state index contributed by atoms with van der Waals surface area (Å²) < 4.78 is 71.9. The van der Waals surface area contributed by atoms with Crippen LogP contribution in [0.15, 0.2) is 78.4 Å². The largest absolute Gasteiger partial charge is 0.481 e. The van der Waals surface area contributed by atoms with E-state index in [4.69, 9.17) is 65.3 Å². The molecule has 3 aliphatic heterocycles. The van der Waals surface area contributed by atoms with Crippen molar-refractivity contribution < 1.29 is 108 Å². The number of benzene rings is 2. The third-order valence-corrected chi connectivity index (χ3v) is 45.4. The van der Waals surface area contributed by atoms with Gasteiger partial charge >= 0.3 is 71.7 Å². The Bertz CT molecular complexity index is 4150. The van der Waals surface area contributed by atoms with Crippen molar-refractivity contribution in [1.82, 2.24) is 58.5 Å². The molecule has 2 aromatic rings. The molecule has 137 heavy (non-hydrogen) atoms. The Morgan fingerprint density at radius 1 is 0.445 bits per heavy atom. The van der Waals surface area contributed by atoms with Crippen LogP contribution < -0.4 is 68.9 Å². The summed E-state index contributed by atoms with van der Waals surface area (Å²) in [6.45, 7) is 79.3. The van der Waals surface area contributed by atoms with Crippen LogP contribution in [0.1, 0.15) is 215 Å². The van der Waals surface area contributed by atoms with E-state index in [1.807, 2.05) is 117 Å². The van der Waals surface area contributed by atoms with E-state index in [1.54, 1.807) is 55.8 Å². The smallest absolute Gasteiger partial charge is 0.407 e. The van der Waals surface area contributed by atoms with Gasteiger partial charge in [-0.2, -0.15) is 0 Å². The first-order valence-corrected chi connectivity index (χ1v) is 58.9. The first-order chi connectivity index (χ1) is 61.8. The maximum absolute atomic E-state index is 12.9. The fraction of sp³-hybridized carbons (Fsp3) is 0.747. The molecule has 2 aromatic carbocycles. The van der Waals surface area contributed by atoms with Crippen LogP contribution in [0.4, 0.5) is 38.4 Å². The lowest BCUT2D eigenvalue weighted by Gasteiger charge is -2.42. The summed E-state index contributed by atoms with van der Waals surface area (Å²) in [4.78, 5) is 120. The maximum atomic E-state index is 12.9. The van der Waals surface area contributed by atoms with E-state index in [1.165, 1.54) is 0 Å². The fourth-order valence-electron chi connectivity index (χ4n) is 12.8. The number of ether oxygens (including phenoxy) is 5. The van der Waals surface area contributed by atoms with E-state index in [0.29, 0.717) is 32.9 Å². The highest BCUT2D eigenvalue weighted by Gasteiger charge is 2.54. The van der Waals surface area contributed by atoms with E-state index in [0.717, 1.165) is 16.7 Å². The number of aliphatic carboxylic acids is 1. The maximum Gasteiger partial charge on any atom is 0.407 e. The quantitative estimate of drug-likeness (QED) is 0.00634. The molecule has 3 heterocycles. The highest BCUT2D eigenvalue weighted by molar-refractivity contribution is 6.84. The number of urea groups is 3. The predicted octanol–water partition coefficient (Wildman–Crippen LogP) is 16.5. The summed E-state index contributed by atoms with van der Waals surface area (Å²) in [5, 5.41) is 44.1. The molecule has 42 heteroatoms. The fourth-order valence-corrected chi connectivity index (χ4v) is 22.9. The number of alkyl carbamates (subject to hydrolysis) is 5. The van der Waals surface area contributed by atoms with Crippen LogP contribution in [0.25, 0.3) is 10.4 Å². The van der Waals surface area contributed by atoms with Crippen molar-refractivity contribution in [3.05, 3.63) is 83.8 Å². The van der Waals surface area contributed by atoms with Crippen LogP contribution in [0.2, 0.25) is 64.5 Å². The zero-order valence-electron chi connectivity index (χ0n) is 89.2. The van der Waals surface area contributed by atoms with Gasteiger partial charge in [0.15, 0.2) is 25.0 Å². The molecular formula is C95H178N14O23Si5. The monoisotopic (exact) mass is 2020 g/mol. The average Bonchev–Trinajstić information content (AvgIpc) is 1.20. The number of nitrogens with one attached hydrogen (secondary N) is 11. The molecule has 0 saturated carbocycles. The second-order valence-corrected chi connectivity index (χ2v) is 68.3. The summed E-state index contributed by atoms with van der Waals surface area (Å²) in [6, 6.07) is 16.6. The number of carboxylic acid groups (broad SMARTS) is 1. The molecule has 5 rings (SSSR count). The SMILES string of the molecule is C.C=C[C@@H](CO[Si](C)(C)C(C)(C)C)[C@@H](CO[Si](OC)(c1ccccc1)C(C)(C)C)NC(=O)OC(C)(C)C.CC(C)(C)OC(=O)N[C@@H]1CNC(=O)NC[C@H]1C(=O)O.CC(C)(C)OC(=O)N[C@@H]1CNC(=O)NC[C@H]1C=O.CC(C)(C)OC(=O)N[C@@H]1CNC(=O)NC[C@H]1CO[Si](C)(C)C(C)(C)C.CO[Si](OC[C@@H](NC(=O)OC(C)(C)C)[C@@H](CN=[N+]=[N-])CO[Si](C)(C)C(C)(C)C)(c1ccccc1)C(C)(C)C. The Balaban J connectivity index is 0.00000174. The minimum atomic E-state index is -3.00. The second kappa shape index (κ2) is 54.6. The van der Waals surface area contributed by atoms with Crippen molar-refractivity contribution in [3.8, 4) is 0 Å². The van der Waals surface area contributed by atoms with Gasteiger partial charge in [0.25, 0.3) is 0 Å². The molecule has 2 unspecified atom stereocenters. The lowest BCUT2D eigenvalue weighted by Crippen LogP contribution is -2.62. The summed E-state index contributed by atoms with van der Waals surface area (Å²) in [5.74, 6) is -3.02. The molecule has 0 aromatic heterocycles. The molecule has 12 N–H and O–H groups in total. The lowest BCUT2D eigenvalue weighted by molar-refractivity contribution is -0.142. The van der Waals surface area contributed by atoms with Gasteiger partial charge in [-0.25, -0.2) is 38.4 Å². The van der Waals surface area contributed by atoms with Crippen LogP contribution in [0, 0.1) is 29.6 Å². The molecule has 0 spiro atoms. The lowest BCUT2D eigenvalue weighted by atomic mass is 10.0. The Morgan fingerprint density at radius 2 is 0.766 bits per heavy atom. The predicted molar refractivity (Wildman–Crippen MR) is 551 cm³/mol. The molecular weight excluding hydrogens is 1850 g/mol. The molecule has 37 nitrogen and oxygen atoms in total. The number of azide groups is 1. The van der Waals surface area contributed by atoms with Gasteiger partial charge in [0.05, 0.1) is 55.3 Å². The van der Waals surface area contributed by atoms with Crippen LogP contribution in [-0.4, -0.2) is 259 Å². The number of carbonyl (C=O) groups is 10. The minimum absolute atomic E-state index is 0. The third kappa shape index (κ3) is 46.7. The summed E-state index contributed by atoms with van der Waals surface area (Å²) in [5.41, 5.74) is 5.98. The Hall–Kier alpha value is -8.41. The van der Waals surface area contributed by atoms with E-state index in [2.05, 4.69) is 230 Å². The third-order valence-electron chi connectivity index (χ3n) is 23.5. The number of rotatable bonds is 31. The topological polar surface area (TPSA) is 483 Å². The number of hydrogen-bond acceptors (Lipinski definition) is 23. The average molecular weight is 2020 g/mol. The normalized spacial score (nSPS) is 19.4. The Labute approximate surface area is 824 Å². The van der Waals surface area contributed by atoms with Crippen molar-refractivity contribution in [1.29, 1.82) is 0 Å². The van der Waals surface area contributed by atoms with Crippen molar-refractivity contribution in [2.45, 2.75) is 338 Å². The van der Waals surface area contributed by atoms with Gasteiger partial charge in [-0.1, -0.05) is 183 Å². The van der Waals surface area contributed by atoms with E-state index < -0.39 is 149 Å². The van der Waals surface area contributed by atoms with Crippen LogP contribution in [0.3, 0.4) is 0 Å². The molecule has 3 aliphatic rings. The van der Waals surface area contributed by atoms with Gasteiger partial charge in [-0.3, -0.25) is 4.79 Å². The highest BCUT2D eigenvalue weighted by Crippen LogP contribution is 2.42. The van der Waals surface area contributed by atoms with Gasteiger partial charge in [0.1, 0.15) is 34.3 Å². The number of carbonyl (C=O) groups excluding carboxylic acids is 9. The number of aldehydes is 1. The van der Waals surface area contributed by atoms with Crippen molar-refractivity contribution in [3.63, 3.8) is 0 Å². The number of amides is 11. The molecule has 0 radical (unpaired) electrons. The van der Waals surface area contributed by atoms with Crippen molar-refractivity contribution in [2.75, 3.05) is 93.1 Å². The van der Waals surface area contributed by atoms with E-state index in [-0.39, 0.29) is 114 Å². The molecule has 3 fully saturated rings. The number of carboxylic acids is 1. The van der Waals surface area contributed by atoms with Crippen LogP contribution in [0.5, 0.6) is 0 Å². The molecule has 11 amide bonds. The van der Waals surface area contributed by atoms with E-state index in [9.17, 15) is 47.9 Å². The first kappa shape index (κ1) is 129.